The molecule has 0 bridgehead atoms. The standard InChI is InChI=1S/C15H9F2N4O2S/c16-9-1-2-11(10(17)6-9)23-12-5-8-7-19-15(24-22)20-13(8)21-4-3-18-14(12)21/h1-2,5-7H,3-4H2/q+1. The summed E-state index contributed by atoms with van der Waals surface area (Å²) in [6, 6.07) is 3.08. The number of aliphatic imine (C=N–C) groups is 1. The first-order chi connectivity index (χ1) is 11.7. The highest BCUT2D eigenvalue weighted by molar-refractivity contribution is 7.65. The third kappa shape index (κ3) is 2.42. The maximum absolute atomic E-state index is 13.8. The molecule has 1 aromatic heterocycles. The van der Waals surface area contributed by atoms with Gasteiger partial charge in [-0.25, -0.2) is 8.78 Å². The van der Waals surface area contributed by atoms with Gasteiger partial charge in [-0.15, -0.1) is 0 Å². The SMILES string of the molecule is O=[S+]c1ncc2c(n1)N1CCN=C1C(Oc1ccc(F)cc1F)=C2. The van der Waals surface area contributed by atoms with Crippen LogP contribution in [0, 0.1) is 11.6 Å². The van der Waals surface area contributed by atoms with Gasteiger partial charge in [0, 0.05) is 28.6 Å². The molecular weight excluding hydrogens is 338 g/mol. The Kier molecular flexibility index (Phi) is 3.49. The number of rotatable bonds is 3. The number of anilines is 1. The fourth-order valence-electron chi connectivity index (χ4n) is 2.55. The van der Waals surface area contributed by atoms with Crippen molar-refractivity contribution in [3.8, 4) is 5.75 Å². The molecule has 0 aliphatic carbocycles. The molecule has 0 saturated heterocycles. The molecule has 2 aliphatic heterocycles. The minimum absolute atomic E-state index is 0.103. The van der Waals surface area contributed by atoms with Crippen LogP contribution in [0.15, 0.2) is 40.3 Å². The van der Waals surface area contributed by atoms with Crippen LogP contribution >= 0.6 is 0 Å². The van der Waals surface area contributed by atoms with Gasteiger partial charge >= 0.3 is 16.8 Å². The molecule has 0 radical (unpaired) electrons. The molecule has 0 amide bonds. The van der Waals surface area contributed by atoms with Crippen molar-refractivity contribution in [2.75, 3.05) is 18.0 Å². The largest absolute Gasteiger partial charge is 0.550 e. The lowest BCUT2D eigenvalue weighted by molar-refractivity contribution is 0.418. The highest BCUT2D eigenvalue weighted by Crippen LogP contribution is 2.32. The summed E-state index contributed by atoms with van der Waals surface area (Å²) in [6.07, 6.45) is 3.13. The van der Waals surface area contributed by atoms with Crippen LogP contribution in [0.4, 0.5) is 14.6 Å². The van der Waals surface area contributed by atoms with Gasteiger partial charge in [-0.3, -0.25) is 4.99 Å². The van der Waals surface area contributed by atoms with Gasteiger partial charge < -0.3 is 9.64 Å². The minimum atomic E-state index is -0.804. The zero-order valence-corrected chi connectivity index (χ0v) is 12.9. The van der Waals surface area contributed by atoms with E-state index in [0.717, 1.165) is 12.1 Å². The number of hydrogen-bond donors (Lipinski definition) is 0. The van der Waals surface area contributed by atoms with Gasteiger partial charge in [0.2, 0.25) is 0 Å². The van der Waals surface area contributed by atoms with Crippen molar-refractivity contribution in [3.63, 3.8) is 0 Å². The fourth-order valence-corrected chi connectivity index (χ4v) is 2.77. The van der Waals surface area contributed by atoms with Crippen molar-refractivity contribution in [2.45, 2.75) is 5.16 Å². The van der Waals surface area contributed by atoms with Gasteiger partial charge in [0.15, 0.2) is 29.0 Å². The van der Waals surface area contributed by atoms with Gasteiger partial charge in [0.25, 0.3) is 0 Å². The van der Waals surface area contributed by atoms with Crippen LogP contribution in [0.25, 0.3) is 6.08 Å². The first-order valence-electron chi connectivity index (χ1n) is 6.99. The molecule has 0 saturated carbocycles. The van der Waals surface area contributed by atoms with Gasteiger partial charge in [0.1, 0.15) is 5.82 Å². The fraction of sp³-hybridized carbons (Fsp3) is 0.133. The van der Waals surface area contributed by atoms with E-state index in [1.807, 2.05) is 0 Å². The molecule has 24 heavy (non-hydrogen) atoms. The van der Waals surface area contributed by atoms with Crippen molar-refractivity contribution in [1.29, 1.82) is 0 Å². The molecule has 120 valence electrons. The number of halogens is 2. The van der Waals surface area contributed by atoms with Gasteiger partial charge in [0.05, 0.1) is 6.54 Å². The molecule has 0 unspecified atom stereocenters. The monoisotopic (exact) mass is 347 g/mol. The smallest absolute Gasteiger partial charge is 0.450 e. The second-order valence-corrected chi connectivity index (χ2v) is 5.59. The van der Waals surface area contributed by atoms with Crippen LogP contribution in [0.3, 0.4) is 0 Å². The molecule has 4 rings (SSSR count). The lowest BCUT2D eigenvalue weighted by Crippen LogP contribution is -2.34. The number of benzene rings is 1. The topological polar surface area (TPSA) is 67.7 Å². The van der Waals surface area contributed by atoms with Crippen LogP contribution in [-0.4, -0.2) is 28.9 Å². The Bertz CT molecular complexity index is 916. The first-order valence-corrected chi connectivity index (χ1v) is 7.73. The molecule has 0 spiro atoms. The number of nitrogens with zero attached hydrogens (tertiary/aromatic N) is 4. The molecule has 1 aromatic carbocycles. The van der Waals surface area contributed by atoms with E-state index in [-0.39, 0.29) is 22.6 Å². The van der Waals surface area contributed by atoms with E-state index < -0.39 is 11.6 Å². The normalized spacial score (nSPS) is 15.3. The second kappa shape index (κ2) is 5.68. The summed E-state index contributed by atoms with van der Waals surface area (Å²) < 4.78 is 43.4. The molecule has 0 N–H and O–H groups in total. The summed E-state index contributed by atoms with van der Waals surface area (Å²) in [5.41, 5.74) is 0.631. The van der Waals surface area contributed by atoms with Gasteiger partial charge in [-0.05, 0) is 18.2 Å². The van der Waals surface area contributed by atoms with E-state index in [0.29, 0.717) is 36.1 Å². The zero-order chi connectivity index (χ0) is 16.7. The number of hydrogen-bond acceptors (Lipinski definition) is 6. The Balaban J connectivity index is 1.77. The third-order valence-electron chi connectivity index (χ3n) is 3.57. The van der Waals surface area contributed by atoms with E-state index in [9.17, 15) is 13.0 Å². The van der Waals surface area contributed by atoms with Crippen molar-refractivity contribution >= 4 is 29.4 Å². The number of ether oxygens (including phenoxy) is 1. The van der Waals surface area contributed by atoms with Gasteiger partial charge in [-0.1, -0.05) is 0 Å². The Morgan fingerprint density at radius 3 is 2.96 bits per heavy atom. The molecule has 0 atom stereocenters. The summed E-state index contributed by atoms with van der Waals surface area (Å²) in [7, 11) is 0. The second-order valence-electron chi connectivity index (χ2n) is 5.06. The van der Waals surface area contributed by atoms with Crippen molar-refractivity contribution < 1.29 is 17.7 Å². The van der Waals surface area contributed by atoms with Crippen molar-refractivity contribution in [3.05, 3.63) is 47.4 Å². The van der Waals surface area contributed by atoms with Crippen LogP contribution in [0.5, 0.6) is 5.75 Å². The van der Waals surface area contributed by atoms with Crippen LogP contribution in [0.1, 0.15) is 5.56 Å². The predicted molar refractivity (Wildman–Crippen MR) is 83.0 cm³/mol. The molecule has 2 aromatic rings. The molecule has 0 fully saturated rings. The van der Waals surface area contributed by atoms with E-state index in [4.69, 9.17) is 4.74 Å². The molecule has 2 aliphatic rings. The Labute approximate surface area is 139 Å². The summed E-state index contributed by atoms with van der Waals surface area (Å²) in [6.45, 7) is 1.08. The quantitative estimate of drug-likeness (QED) is 0.629. The maximum Gasteiger partial charge on any atom is 0.550 e. The molecule has 9 heteroatoms. The van der Waals surface area contributed by atoms with E-state index in [2.05, 4.69) is 15.0 Å². The highest BCUT2D eigenvalue weighted by Gasteiger charge is 2.33. The van der Waals surface area contributed by atoms with E-state index >= 15 is 0 Å². The summed E-state index contributed by atoms with van der Waals surface area (Å²) in [4.78, 5) is 14.3. The third-order valence-corrected chi connectivity index (χ3v) is 3.91. The maximum atomic E-state index is 13.8. The molecule has 3 heterocycles. The predicted octanol–water partition coefficient (Wildman–Crippen LogP) is 2.19. The lowest BCUT2D eigenvalue weighted by atomic mass is 10.1. The Morgan fingerprint density at radius 2 is 2.17 bits per heavy atom. The van der Waals surface area contributed by atoms with Gasteiger partial charge in [-0.2, -0.15) is 9.97 Å². The Hall–Kier alpha value is -2.81. The van der Waals surface area contributed by atoms with Crippen molar-refractivity contribution in [1.82, 2.24) is 9.97 Å². The van der Waals surface area contributed by atoms with E-state index in [1.54, 1.807) is 11.0 Å². The number of amidine groups is 1. The Morgan fingerprint density at radius 1 is 1.29 bits per heavy atom. The van der Waals surface area contributed by atoms with Crippen molar-refractivity contribution in [2.24, 2.45) is 4.99 Å². The minimum Gasteiger partial charge on any atom is -0.450 e. The summed E-state index contributed by atoms with van der Waals surface area (Å²) in [5.74, 6) is -0.219. The van der Waals surface area contributed by atoms with E-state index in [1.165, 1.54) is 12.3 Å². The highest BCUT2D eigenvalue weighted by atomic mass is 32.1. The number of fused-ring (bicyclic) bond motifs is 3. The zero-order valence-electron chi connectivity index (χ0n) is 12.1. The molecule has 6 nitrogen and oxygen atoms in total. The summed E-state index contributed by atoms with van der Waals surface area (Å²) in [5, 5.41) is 0.113. The van der Waals surface area contributed by atoms with Crippen LogP contribution < -0.4 is 9.64 Å². The van der Waals surface area contributed by atoms with Crippen LogP contribution in [-0.2, 0) is 15.9 Å². The summed E-state index contributed by atoms with van der Waals surface area (Å²) >= 11 is 0.207. The first kappa shape index (κ1) is 14.8. The molecular formula is C15H9F2N4O2S+. The number of aromatic nitrogens is 2. The average molecular weight is 347 g/mol. The average Bonchev–Trinajstić information content (AvgIpc) is 3.07. The van der Waals surface area contributed by atoms with Crippen LogP contribution in [0.2, 0.25) is 0 Å². The lowest BCUT2D eigenvalue weighted by Gasteiger charge is -2.26.